The molecular weight excluding hydrogens is 390 g/mol. The van der Waals surface area contributed by atoms with E-state index in [1.165, 1.54) is 4.57 Å². The SMILES string of the molecule is CCCn1c(N)c(C(=O)C[NH+]2CCC[C@@H]2c2nc3ccccc3s2)c(=O)[nH]c1=O. The fourth-order valence-electron chi connectivity index (χ4n) is 4.06. The first-order valence-corrected chi connectivity index (χ1v) is 10.7. The van der Waals surface area contributed by atoms with Crippen LogP contribution in [0.4, 0.5) is 5.82 Å². The molecule has 0 amide bonds. The van der Waals surface area contributed by atoms with Crippen LogP contribution in [0.15, 0.2) is 33.9 Å². The molecule has 0 spiro atoms. The fraction of sp³-hybridized carbons (Fsp3) is 0.400. The normalized spacial score (nSPS) is 19.1. The van der Waals surface area contributed by atoms with Crippen molar-refractivity contribution in [3.05, 3.63) is 55.7 Å². The van der Waals surface area contributed by atoms with Gasteiger partial charge in [0.15, 0.2) is 5.01 Å². The van der Waals surface area contributed by atoms with Crippen LogP contribution >= 0.6 is 11.3 Å². The number of nitrogens with one attached hydrogen (secondary N) is 2. The fourth-order valence-corrected chi connectivity index (χ4v) is 5.22. The van der Waals surface area contributed by atoms with Gasteiger partial charge in [-0.1, -0.05) is 19.1 Å². The van der Waals surface area contributed by atoms with E-state index in [0.29, 0.717) is 13.0 Å². The molecule has 2 aromatic heterocycles. The van der Waals surface area contributed by atoms with Crippen LogP contribution in [-0.4, -0.2) is 33.4 Å². The molecule has 1 aromatic carbocycles. The number of carbonyl (C=O) groups is 1. The van der Waals surface area contributed by atoms with Crippen LogP contribution in [0, 0.1) is 0 Å². The van der Waals surface area contributed by atoms with E-state index in [2.05, 4.69) is 4.98 Å². The third kappa shape index (κ3) is 3.63. The largest absolute Gasteiger partial charge is 0.384 e. The number of rotatable bonds is 6. The van der Waals surface area contributed by atoms with Gasteiger partial charge in [0.25, 0.3) is 5.56 Å². The Hall–Kier alpha value is -2.78. The van der Waals surface area contributed by atoms with Gasteiger partial charge < -0.3 is 10.6 Å². The van der Waals surface area contributed by atoms with Crippen LogP contribution in [0.1, 0.15) is 47.6 Å². The predicted molar refractivity (Wildman–Crippen MR) is 113 cm³/mol. The molecule has 4 rings (SSSR count). The van der Waals surface area contributed by atoms with Crippen LogP contribution in [0.2, 0.25) is 0 Å². The summed E-state index contributed by atoms with van der Waals surface area (Å²) in [5, 5.41) is 1.02. The first-order chi connectivity index (χ1) is 14.0. The van der Waals surface area contributed by atoms with Gasteiger partial charge >= 0.3 is 5.69 Å². The molecule has 1 saturated heterocycles. The summed E-state index contributed by atoms with van der Waals surface area (Å²) < 4.78 is 2.39. The molecule has 3 aromatic rings. The highest BCUT2D eigenvalue weighted by atomic mass is 32.1. The lowest BCUT2D eigenvalue weighted by molar-refractivity contribution is -0.909. The lowest BCUT2D eigenvalue weighted by Crippen LogP contribution is -3.11. The monoisotopic (exact) mass is 414 g/mol. The predicted octanol–water partition coefficient (Wildman–Crippen LogP) is 0.741. The van der Waals surface area contributed by atoms with E-state index in [1.807, 2.05) is 31.2 Å². The Bertz CT molecular complexity index is 1150. The summed E-state index contributed by atoms with van der Waals surface area (Å²) >= 11 is 1.66. The van der Waals surface area contributed by atoms with Gasteiger partial charge in [-0.2, -0.15) is 0 Å². The number of quaternary nitrogens is 1. The lowest BCUT2D eigenvalue weighted by Gasteiger charge is -2.19. The summed E-state index contributed by atoms with van der Waals surface area (Å²) in [6, 6.07) is 8.13. The zero-order valence-electron chi connectivity index (χ0n) is 16.2. The molecule has 1 aliphatic heterocycles. The molecule has 1 aliphatic rings. The topological polar surface area (TPSA) is 115 Å². The Balaban J connectivity index is 1.62. The number of nitrogen functional groups attached to an aromatic ring is 1. The Labute approximate surface area is 171 Å². The molecule has 3 heterocycles. The average Bonchev–Trinajstić information content (AvgIpc) is 3.31. The van der Waals surface area contributed by atoms with Crippen molar-refractivity contribution in [2.24, 2.45) is 0 Å². The van der Waals surface area contributed by atoms with Crippen LogP contribution in [0.25, 0.3) is 10.2 Å². The Morgan fingerprint density at radius 3 is 2.93 bits per heavy atom. The van der Waals surface area contributed by atoms with Crippen molar-refractivity contribution in [2.45, 2.75) is 38.8 Å². The summed E-state index contributed by atoms with van der Waals surface area (Å²) in [7, 11) is 0. The number of hydrogen-bond donors (Lipinski definition) is 3. The minimum atomic E-state index is -0.708. The minimum absolute atomic E-state index is 0.0410. The molecule has 0 bridgehead atoms. The zero-order chi connectivity index (χ0) is 20.5. The smallest absolute Gasteiger partial charge is 0.329 e. The first kappa shape index (κ1) is 19.5. The number of nitrogens with zero attached hydrogens (tertiary/aromatic N) is 2. The second-order valence-corrected chi connectivity index (χ2v) is 8.46. The number of thiazole rings is 1. The third-order valence-corrected chi connectivity index (χ3v) is 6.60. The number of benzene rings is 1. The molecule has 0 radical (unpaired) electrons. The number of anilines is 1. The minimum Gasteiger partial charge on any atom is -0.384 e. The summed E-state index contributed by atoms with van der Waals surface area (Å²) in [4.78, 5) is 45.4. The lowest BCUT2D eigenvalue weighted by atomic mass is 10.1. The van der Waals surface area contributed by atoms with Gasteiger partial charge in [-0.15, -0.1) is 11.3 Å². The van der Waals surface area contributed by atoms with E-state index >= 15 is 0 Å². The van der Waals surface area contributed by atoms with Crippen LogP contribution in [-0.2, 0) is 6.54 Å². The number of hydrogen-bond acceptors (Lipinski definition) is 6. The van der Waals surface area contributed by atoms with Gasteiger partial charge in [0.1, 0.15) is 24.0 Å². The van der Waals surface area contributed by atoms with Gasteiger partial charge in [-0.05, 0) is 18.6 Å². The Morgan fingerprint density at radius 2 is 2.17 bits per heavy atom. The van der Waals surface area contributed by atoms with Crippen LogP contribution in [0.3, 0.4) is 0 Å². The number of aromatic amines is 1. The van der Waals surface area contributed by atoms with E-state index in [1.54, 1.807) is 11.3 Å². The van der Waals surface area contributed by atoms with Crippen molar-refractivity contribution >= 4 is 33.2 Å². The molecule has 0 aliphatic carbocycles. The molecule has 2 atom stereocenters. The molecule has 29 heavy (non-hydrogen) atoms. The number of nitrogens with two attached hydrogens (primary N) is 1. The van der Waals surface area contributed by atoms with Crippen molar-refractivity contribution in [1.29, 1.82) is 0 Å². The average molecular weight is 415 g/mol. The van der Waals surface area contributed by atoms with Gasteiger partial charge in [0, 0.05) is 19.4 Å². The number of fused-ring (bicyclic) bond motifs is 1. The highest BCUT2D eigenvalue weighted by Crippen LogP contribution is 2.28. The van der Waals surface area contributed by atoms with Crippen LogP contribution < -0.4 is 21.9 Å². The molecule has 1 unspecified atom stereocenters. The van der Waals surface area contributed by atoms with E-state index < -0.39 is 11.2 Å². The number of carbonyl (C=O) groups excluding carboxylic acids is 1. The molecule has 0 saturated carbocycles. The van der Waals surface area contributed by atoms with E-state index in [0.717, 1.165) is 39.5 Å². The molecule has 4 N–H and O–H groups in total. The second-order valence-electron chi connectivity index (χ2n) is 7.39. The van der Waals surface area contributed by atoms with Crippen molar-refractivity contribution in [1.82, 2.24) is 14.5 Å². The number of ketones is 1. The van der Waals surface area contributed by atoms with E-state index in [-0.39, 0.29) is 29.8 Å². The molecule has 9 heteroatoms. The second kappa shape index (κ2) is 7.92. The molecular formula is C20H24N5O3S+. The summed E-state index contributed by atoms with van der Waals surface area (Å²) in [6.45, 7) is 3.24. The molecule has 152 valence electrons. The van der Waals surface area contributed by atoms with Crippen molar-refractivity contribution in [3.63, 3.8) is 0 Å². The summed E-state index contributed by atoms with van der Waals surface area (Å²) in [5.41, 5.74) is 5.62. The molecule has 1 fully saturated rings. The van der Waals surface area contributed by atoms with E-state index in [4.69, 9.17) is 10.7 Å². The number of Topliss-reactive ketones (excluding diaryl/α,β-unsaturated/α-hetero) is 1. The maximum atomic E-state index is 13.0. The number of H-pyrrole nitrogens is 1. The van der Waals surface area contributed by atoms with Crippen molar-refractivity contribution in [2.75, 3.05) is 18.8 Å². The highest BCUT2D eigenvalue weighted by Gasteiger charge is 2.35. The zero-order valence-corrected chi connectivity index (χ0v) is 17.1. The number of para-hydroxylation sites is 1. The van der Waals surface area contributed by atoms with Gasteiger partial charge in [0.2, 0.25) is 5.78 Å². The van der Waals surface area contributed by atoms with Gasteiger partial charge in [-0.25, -0.2) is 9.78 Å². The Kier molecular flexibility index (Phi) is 5.33. The third-order valence-electron chi connectivity index (χ3n) is 5.45. The maximum absolute atomic E-state index is 13.0. The summed E-state index contributed by atoms with van der Waals surface area (Å²) in [6.07, 6.45) is 2.61. The van der Waals surface area contributed by atoms with Crippen molar-refractivity contribution in [3.8, 4) is 0 Å². The van der Waals surface area contributed by atoms with Gasteiger partial charge in [-0.3, -0.25) is 19.1 Å². The number of likely N-dealkylation sites (tertiary alicyclic amines) is 1. The standard InChI is InChI=1S/C20H23N5O3S/c1-2-9-25-17(21)16(18(27)23-20(25)28)14(26)11-24-10-5-7-13(24)19-22-12-6-3-4-8-15(12)29-19/h3-4,6,8,13H,2,5,7,9-11,21H2,1H3,(H,23,27,28)/p+1/t13-/m1/s1. The first-order valence-electron chi connectivity index (χ1n) is 9.85. The summed E-state index contributed by atoms with van der Waals surface area (Å²) in [5.74, 6) is -0.377. The van der Waals surface area contributed by atoms with Gasteiger partial charge in [0.05, 0.1) is 16.8 Å². The highest BCUT2D eigenvalue weighted by molar-refractivity contribution is 7.18. The maximum Gasteiger partial charge on any atom is 0.329 e. The van der Waals surface area contributed by atoms with E-state index in [9.17, 15) is 14.4 Å². The van der Waals surface area contributed by atoms with Crippen LogP contribution in [0.5, 0.6) is 0 Å². The Morgan fingerprint density at radius 1 is 1.38 bits per heavy atom. The molecule has 8 nitrogen and oxygen atoms in total. The quantitative estimate of drug-likeness (QED) is 0.515. The van der Waals surface area contributed by atoms with Crippen molar-refractivity contribution < 1.29 is 9.69 Å². The number of aromatic nitrogens is 3.